The number of rotatable bonds is 3. The van der Waals surface area contributed by atoms with Gasteiger partial charge in [0.2, 0.25) is 0 Å². The van der Waals surface area contributed by atoms with Crippen molar-refractivity contribution >= 4 is 22.6 Å². The Hall–Kier alpha value is -3.02. The van der Waals surface area contributed by atoms with Gasteiger partial charge in [-0.15, -0.1) is 0 Å². The third-order valence-electron chi connectivity index (χ3n) is 2.76. The van der Waals surface area contributed by atoms with Crippen LogP contribution in [0.3, 0.4) is 0 Å². The van der Waals surface area contributed by atoms with Gasteiger partial charge in [0.15, 0.2) is 5.82 Å². The number of anilines is 1. The smallest absolute Gasteiger partial charge is 0.271 e. The van der Waals surface area contributed by atoms with Gasteiger partial charge in [0, 0.05) is 17.8 Å². The molecule has 1 amide bonds. The number of amides is 1. The van der Waals surface area contributed by atoms with Gasteiger partial charge >= 0.3 is 0 Å². The molecule has 0 radical (unpaired) electrons. The molecule has 3 aromatic rings. The molecule has 0 fully saturated rings. The van der Waals surface area contributed by atoms with Crippen LogP contribution in [0.2, 0.25) is 0 Å². The number of nitrogens with zero attached hydrogens (tertiary/aromatic N) is 3. The third-order valence-corrected chi connectivity index (χ3v) is 2.76. The van der Waals surface area contributed by atoms with Gasteiger partial charge in [0.1, 0.15) is 6.33 Å². The summed E-state index contributed by atoms with van der Waals surface area (Å²) in [6, 6.07) is 10.9. The van der Waals surface area contributed by atoms with Gasteiger partial charge in [0.05, 0.1) is 11.1 Å². The summed E-state index contributed by atoms with van der Waals surface area (Å²) in [5.41, 5.74) is 6.67. The van der Waals surface area contributed by atoms with Gasteiger partial charge in [-0.05, 0) is 24.3 Å². The number of pyridine rings is 1. The maximum atomic E-state index is 11.9. The Labute approximate surface area is 114 Å². The number of hydrogen-bond donors (Lipinski definition) is 2. The van der Waals surface area contributed by atoms with Gasteiger partial charge in [-0.3, -0.25) is 20.6 Å². The molecule has 0 bridgehead atoms. The number of aromatic nitrogens is 3. The fraction of sp³-hybridized carbons (Fsp3) is 0. The van der Waals surface area contributed by atoms with Crippen molar-refractivity contribution in [3.05, 3.63) is 60.7 Å². The van der Waals surface area contributed by atoms with E-state index in [1.165, 1.54) is 12.5 Å². The summed E-state index contributed by atoms with van der Waals surface area (Å²) in [6.07, 6.45) is 4.55. The second-order valence-corrected chi connectivity index (χ2v) is 4.06. The Morgan fingerprint density at radius 3 is 2.80 bits per heavy atom. The normalized spacial score (nSPS) is 10.2. The Morgan fingerprint density at radius 1 is 1.05 bits per heavy atom. The molecule has 0 unspecified atom stereocenters. The second-order valence-electron chi connectivity index (χ2n) is 4.06. The van der Waals surface area contributed by atoms with Crippen LogP contribution in [0.4, 0.5) is 5.82 Å². The lowest BCUT2D eigenvalue weighted by Crippen LogP contribution is -2.30. The number of carbonyl (C=O) groups is 1. The summed E-state index contributed by atoms with van der Waals surface area (Å²) in [5, 5.41) is 0.835. The highest BCUT2D eigenvalue weighted by atomic mass is 16.2. The summed E-state index contributed by atoms with van der Waals surface area (Å²) >= 11 is 0. The van der Waals surface area contributed by atoms with E-state index in [0.29, 0.717) is 11.4 Å². The van der Waals surface area contributed by atoms with Crippen molar-refractivity contribution in [1.29, 1.82) is 0 Å². The van der Waals surface area contributed by atoms with Crippen molar-refractivity contribution in [2.24, 2.45) is 0 Å². The van der Waals surface area contributed by atoms with Gasteiger partial charge in [-0.2, -0.15) is 0 Å². The van der Waals surface area contributed by atoms with Crippen LogP contribution < -0.4 is 10.9 Å². The molecule has 98 valence electrons. The van der Waals surface area contributed by atoms with Crippen molar-refractivity contribution in [1.82, 2.24) is 20.4 Å². The highest BCUT2D eigenvalue weighted by Crippen LogP contribution is 2.17. The quantitative estimate of drug-likeness (QED) is 0.706. The van der Waals surface area contributed by atoms with Crippen molar-refractivity contribution in [3.8, 4) is 0 Å². The van der Waals surface area contributed by atoms with Crippen LogP contribution in [0.15, 0.2) is 55.1 Å². The molecule has 2 aromatic heterocycles. The van der Waals surface area contributed by atoms with Crippen molar-refractivity contribution in [3.63, 3.8) is 0 Å². The SMILES string of the molecule is O=C(NNc1ncnc2ccccc12)c1cccnc1. The first-order chi connectivity index (χ1) is 9.84. The lowest BCUT2D eigenvalue weighted by atomic mass is 10.2. The van der Waals surface area contributed by atoms with Gasteiger partial charge < -0.3 is 0 Å². The van der Waals surface area contributed by atoms with Gasteiger partial charge in [0.25, 0.3) is 5.91 Å². The number of benzene rings is 1. The predicted octanol–water partition coefficient (Wildman–Crippen LogP) is 1.78. The molecule has 0 atom stereocenters. The maximum absolute atomic E-state index is 11.9. The first-order valence-electron chi connectivity index (χ1n) is 6.01. The number of fused-ring (bicyclic) bond motifs is 1. The van der Waals surface area contributed by atoms with E-state index in [-0.39, 0.29) is 5.91 Å². The van der Waals surface area contributed by atoms with Crippen LogP contribution in [0.1, 0.15) is 10.4 Å². The van der Waals surface area contributed by atoms with Crippen LogP contribution in [-0.4, -0.2) is 20.9 Å². The summed E-state index contributed by atoms with van der Waals surface area (Å²) in [5.74, 6) is 0.272. The lowest BCUT2D eigenvalue weighted by Gasteiger charge is -2.09. The zero-order chi connectivity index (χ0) is 13.8. The van der Waals surface area contributed by atoms with Crippen molar-refractivity contribution < 1.29 is 4.79 Å². The predicted molar refractivity (Wildman–Crippen MR) is 74.9 cm³/mol. The highest BCUT2D eigenvalue weighted by molar-refractivity contribution is 5.96. The Kier molecular flexibility index (Phi) is 3.20. The number of nitrogens with one attached hydrogen (secondary N) is 2. The number of hydrogen-bond acceptors (Lipinski definition) is 5. The molecule has 0 aliphatic rings. The highest BCUT2D eigenvalue weighted by Gasteiger charge is 2.06. The summed E-state index contributed by atoms with van der Waals surface area (Å²) < 4.78 is 0. The molecule has 6 heteroatoms. The van der Waals surface area contributed by atoms with E-state index >= 15 is 0 Å². The zero-order valence-electron chi connectivity index (χ0n) is 10.4. The molecule has 2 N–H and O–H groups in total. The molecular weight excluding hydrogens is 254 g/mol. The standard InChI is InChI=1S/C14H11N5O/c20-14(10-4-3-7-15-8-10)19-18-13-11-5-1-2-6-12(11)16-9-17-13/h1-9H,(H,19,20)(H,16,17,18). The molecule has 0 saturated carbocycles. The average molecular weight is 265 g/mol. The minimum atomic E-state index is -0.277. The molecule has 0 saturated heterocycles. The van der Waals surface area contributed by atoms with E-state index in [9.17, 15) is 4.79 Å². The Balaban J connectivity index is 1.79. The molecule has 0 aliphatic heterocycles. The monoisotopic (exact) mass is 265 g/mol. The molecule has 3 rings (SSSR count). The zero-order valence-corrected chi connectivity index (χ0v) is 10.4. The van der Waals surface area contributed by atoms with Crippen LogP contribution in [0.25, 0.3) is 10.9 Å². The van der Waals surface area contributed by atoms with Crippen LogP contribution in [0, 0.1) is 0 Å². The lowest BCUT2D eigenvalue weighted by molar-refractivity contribution is 0.0962. The first-order valence-corrected chi connectivity index (χ1v) is 6.01. The number of para-hydroxylation sites is 1. The fourth-order valence-electron chi connectivity index (χ4n) is 1.79. The molecule has 2 heterocycles. The van der Waals surface area contributed by atoms with E-state index in [1.54, 1.807) is 18.3 Å². The summed E-state index contributed by atoms with van der Waals surface area (Å²) in [4.78, 5) is 24.1. The van der Waals surface area contributed by atoms with Crippen molar-refractivity contribution in [2.45, 2.75) is 0 Å². The molecule has 6 nitrogen and oxygen atoms in total. The van der Waals surface area contributed by atoms with E-state index < -0.39 is 0 Å². The van der Waals surface area contributed by atoms with E-state index in [2.05, 4.69) is 25.8 Å². The second kappa shape index (κ2) is 5.31. The largest absolute Gasteiger partial charge is 0.281 e. The van der Waals surface area contributed by atoms with Crippen molar-refractivity contribution in [2.75, 3.05) is 5.43 Å². The van der Waals surface area contributed by atoms with E-state index in [0.717, 1.165) is 10.9 Å². The first kappa shape index (κ1) is 12.0. The number of hydrazine groups is 1. The third kappa shape index (κ3) is 2.39. The van der Waals surface area contributed by atoms with Crippen LogP contribution >= 0.6 is 0 Å². The van der Waals surface area contributed by atoms with Gasteiger partial charge in [-0.25, -0.2) is 9.97 Å². The van der Waals surface area contributed by atoms with E-state index in [4.69, 9.17) is 0 Å². The molecule has 0 aliphatic carbocycles. The van der Waals surface area contributed by atoms with Crippen LogP contribution in [0.5, 0.6) is 0 Å². The number of carbonyl (C=O) groups excluding carboxylic acids is 1. The maximum Gasteiger partial charge on any atom is 0.271 e. The average Bonchev–Trinajstić information content (AvgIpc) is 2.53. The summed E-state index contributed by atoms with van der Waals surface area (Å²) in [7, 11) is 0. The Morgan fingerprint density at radius 2 is 1.95 bits per heavy atom. The Bertz CT molecular complexity index is 739. The summed E-state index contributed by atoms with van der Waals surface area (Å²) in [6.45, 7) is 0. The molecule has 0 spiro atoms. The molecule has 20 heavy (non-hydrogen) atoms. The fourth-order valence-corrected chi connectivity index (χ4v) is 1.79. The van der Waals surface area contributed by atoms with E-state index in [1.807, 2.05) is 24.3 Å². The van der Waals surface area contributed by atoms with Crippen LogP contribution in [-0.2, 0) is 0 Å². The minimum Gasteiger partial charge on any atom is -0.281 e. The van der Waals surface area contributed by atoms with Gasteiger partial charge in [-0.1, -0.05) is 12.1 Å². The topological polar surface area (TPSA) is 79.8 Å². The minimum absolute atomic E-state index is 0.277. The molecular formula is C14H11N5O. The molecule has 1 aromatic carbocycles.